The Morgan fingerprint density at radius 2 is 1.83 bits per heavy atom. The average Bonchev–Trinajstić information content (AvgIpc) is 3.17. The number of hydrogen-bond donors (Lipinski definition) is 1. The van der Waals surface area contributed by atoms with Gasteiger partial charge in [-0.2, -0.15) is 0 Å². The third kappa shape index (κ3) is 5.92. The summed E-state index contributed by atoms with van der Waals surface area (Å²) < 4.78 is 24.3. The Hall–Kier alpha value is -2.73. The van der Waals surface area contributed by atoms with Gasteiger partial charge in [-0.3, -0.25) is 14.3 Å². The molecule has 1 N–H and O–H groups in total. The normalized spacial score (nSPS) is 21.6. The average molecular weight is 610 g/mol. The van der Waals surface area contributed by atoms with Crippen molar-refractivity contribution in [2.24, 2.45) is 0 Å². The van der Waals surface area contributed by atoms with Crippen LogP contribution in [0.3, 0.4) is 0 Å². The first kappa shape index (κ1) is 25.4. The summed E-state index contributed by atoms with van der Waals surface area (Å²) >= 11 is 6.67. The molecule has 35 heavy (non-hydrogen) atoms. The van der Waals surface area contributed by atoms with E-state index in [0.29, 0.717) is 12.2 Å². The van der Waals surface area contributed by atoms with Crippen LogP contribution in [0.5, 0.6) is 5.75 Å². The monoisotopic (exact) mass is 608 g/mol. The molecule has 0 unspecified atom stereocenters. The van der Waals surface area contributed by atoms with Gasteiger partial charge in [-0.25, -0.2) is 9.59 Å². The van der Waals surface area contributed by atoms with Crippen LogP contribution in [0.25, 0.3) is 0 Å². The first-order valence-corrected chi connectivity index (χ1v) is 12.4. The van der Waals surface area contributed by atoms with Crippen LogP contribution in [0.2, 0.25) is 0 Å². The van der Waals surface area contributed by atoms with E-state index in [9.17, 15) is 14.4 Å². The molecule has 0 aliphatic carbocycles. The van der Waals surface area contributed by atoms with Gasteiger partial charge in [0.1, 0.15) is 18.0 Å². The number of aromatic nitrogens is 2. The van der Waals surface area contributed by atoms with Crippen LogP contribution in [0.1, 0.15) is 22.1 Å². The number of carbonyl (C=O) groups excluding carboxylic acids is 1. The molecule has 11 heteroatoms. The number of methoxy groups -OCH3 is 1. The Labute approximate surface area is 217 Å². The molecule has 1 fully saturated rings. The summed E-state index contributed by atoms with van der Waals surface area (Å²) in [5, 5.41) is 0. The molecule has 1 aromatic heterocycles. The van der Waals surface area contributed by atoms with E-state index >= 15 is 0 Å². The number of alkyl halides is 1. The lowest BCUT2D eigenvalue weighted by Gasteiger charge is -2.21. The van der Waals surface area contributed by atoms with E-state index in [2.05, 4.69) is 36.8 Å². The van der Waals surface area contributed by atoms with Crippen LogP contribution in [0.4, 0.5) is 0 Å². The Bertz CT molecular complexity index is 1280. The fourth-order valence-electron chi connectivity index (χ4n) is 3.62. The molecule has 0 spiro atoms. The minimum atomic E-state index is -0.862. The molecule has 2 heterocycles. The highest BCUT2D eigenvalue weighted by molar-refractivity contribution is 9.10. The van der Waals surface area contributed by atoms with Gasteiger partial charge >= 0.3 is 11.7 Å². The summed E-state index contributed by atoms with van der Waals surface area (Å²) in [5.74, 6) is 0.211. The van der Waals surface area contributed by atoms with Gasteiger partial charge in [0, 0.05) is 6.20 Å². The van der Waals surface area contributed by atoms with E-state index < -0.39 is 40.5 Å². The Balaban J connectivity index is 1.53. The summed E-state index contributed by atoms with van der Waals surface area (Å²) in [7, 11) is 1.60. The zero-order chi connectivity index (χ0) is 24.9. The molecule has 0 radical (unpaired) electrons. The quantitative estimate of drug-likeness (QED) is 0.308. The maximum Gasteiger partial charge on any atom is 0.338 e. The number of rotatable bonds is 8. The van der Waals surface area contributed by atoms with E-state index in [1.54, 1.807) is 37.4 Å². The second-order valence-electron chi connectivity index (χ2n) is 7.75. The van der Waals surface area contributed by atoms with E-state index in [1.807, 2.05) is 24.3 Å². The molecule has 2 aromatic carbocycles. The van der Waals surface area contributed by atoms with Crippen LogP contribution in [-0.2, 0) is 20.8 Å². The lowest BCUT2D eigenvalue weighted by molar-refractivity contribution is -0.0710. The zero-order valence-electron chi connectivity index (χ0n) is 18.6. The van der Waals surface area contributed by atoms with Crippen molar-refractivity contribution in [3.8, 4) is 5.75 Å². The predicted octanol–water partition coefficient (Wildman–Crippen LogP) is 3.41. The number of halogens is 2. The Morgan fingerprint density at radius 1 is 1.11 bits per heavy atom. The Morgan fingerprint density at radius 3 is 2.51 bits per heavy atom. The summed E-state index contributed by atoms with van der Waals surface area (Å²) in [6, 6.07) is 16.0. The predicted molar refractivity (Wildman–Crippen MR) is 134 cm³/mol. The molecule has 1 aliphatic rings. The van der Waals surface area contributed by atoms with Crippen molar-refractivity contribution in [3.63, 3.8) is 0 Å². The summed E-state index contributed by atoms with van der Waals surface area (Å²) in [6.07, 6.45) is -0.982. The number of esters is 1. The lowest BCUT2D eigenvalue weighted by atomic mass is 10.1. The van der Waals surface area contributed by atoms with Crippen molar-refractivity contribution in [2.75, 3.05) is 13.7 Å². The summed E-state index contributed by atoms with van der Waals surface area (Å²) in [5.41, 5.74) is 0.106. The van der Waals surface area contributed by atoms with Crippen molar-refractivity contribution in [2.45, 2.75) is 29.9 Å². The largest absolute Gasteiger partial charge is 0.497 e. The number of ether oxygens (including phenoxy) is 4. The molecule has 1 aliphatic heterocycles. The molecule has 1 saturated heterocycles. The molecular weight excluding hydrogens is 588 g/mol. The molecule has 0 saturated carbocycles. The van der Waals surface area contributed by atoms with Crippen molar-refractivity contribution >= 4 is 37.8 Å². The fraction of sp³-hybridized carbons (Fsp3) is 0.292. The Kier molecular flexibility index (Phi) is 8.22. The summed E-state index contributed by atoms with van der Waals surface area (Å²) in [6.45, 7) is 0.390. The molecule has 0 bridgehead atoms. The number of benzene rings is 2. The third-order valence-electron chi connectivity index (χ3n) is 5.43. The second kappa shape index (κ2) is 11.3. The van der Waals surface area contributed by atoms with Crippen molar-refractivity contribution in [3.05, 3.63) is 97.2 Å². The van der Waals surface area contributed by atoms with Gasteiger partial charge in [0.15, 0.2) is 6.23 Å². The molecule has 0 amide bonds. The number of aromatic amines is 1. The maximum absolute atomic E-state index is 12.8. The molecule has 9 nitrogen and oxygen atoms in total. The maximum atomic E-state index is 12.8. The van der Waals surface area contributed by atoms with Gasteiger partial charge in [0.25, 0.3) is 5.56 Å². The number of H-pyrrole nitrogens is 1. The van der Waals surface area contributed by atoms with Crippen LogP contribution < -0.4 is 16.0 Å². The minimum Gasteiger partial charge on any atom is -0.497 e. The number of nitrogens with zero attached hydrogens (tertiary/aromatic N) is 1. The highest BCUT2D eigenvalue weighted by atomic mass is 79.9. The van der Waals surface area contributed by atoms with Crippen LogP contribution in [0, 0.1) is 0 Å². The number of nitrogens with one attached hydrogen (secondary N) is 1. The van der Waals surface area contributed by atoms with Crippen molar-refractivity contribution in [1.82, 2.24) is 9.55 Å². The van der Waals surface area contributed by atoms with Gasteiger partial charge < -0.3 is 18.9 Å². The molecule has 3 aromatic rings. The molecule has 184 valence electrons. The highest BCUT2D eigenvalue weighted by Gasteiger charge is 2.47. The molecule has 4 rings (SSSR count). The SMILES string of the molecule is COc1ccc(COC[C@H]2O[C@@H](n3cc(Br)c(=O)[nH]c3=O)[C@H](Br)[C@@H]2OC(=O)c2ccccc2)cc1. The van der Waals surface area contributed by atoms with Crippen molar-refractivity contribution in [1.29, 1.82) is 0 Å². The highest BCUT2D eigenvalue weighted by Crippen LogP contribution is 2.36. The van der Waals surface area contributed by atoms with E-state index in [0.717, 1.165) is 11.3 Å². The standard InChI is InChI=1S/C24H22Br2N2O7/c1-32-16-9-7-14(8-10-16)12-33-13-18-20(35-23(30)15-5-3-2-4-6-15)19(26)22(34-18)28-11-17(25)21(29)27-24(28)31/h2-11,18-20,22H,12-13H2,1H3,(H,27,29,31)/t18-,19-,20-,22-/m1/s1. The van der Waals surface area contributed by atoms with Crippen molar-refractivity contribution < 1.29 is 23.7 Å². The van der Waals surface area contributed by atoms with E-state index in [4.69, 9.17) is 18.9 Å². The van der Waals surface area contributed by atoms with Gasteiger partial charge in [0.05, 0.1) is 35.2 Å². The van der Waals surface area contributed by atoms with Gasteiger partial charge in [-0.1, -0.05) is 46.3 Å². The van der Waals surface area contributed by atoms with Gasteiger partial charge in [-0.15, -0.1) is 0 Å². The fourth-order valence-corrected chi connectivity index (χ4v) is 4.77. The zero-order valence-corrected chi connectivity index (χ0v) is 21.7. The van der Waals surface area contributed by atoms with Gasteiger partial charge in [0.2, 0.25) is 0 Å². The lowest BCUT2D eigenvalue weighted by Crippen LogP contribution is -2.37. The first-order valence-electron chi connectivity index (χ1n) is 10.6. The van der Waals surface area contributed by atoms with Crippen LogP contribution in [0.15, 0.2) is 74.9 Å². The van der Waals surface area contributed by atoms with Crippen LogP contribution in [-0.4, -0.2) is 46.3 Å². The van der Waals surface area contributed by atoms with Crippen LogP contribution >= 0.6 is 31.9 Å². The first-order chi connectivity index (χ1) is 16.9. The van der Waals surface area contributed by atoms with E-state index in [-0.39, 0.29) is 11.1 Å². The smallest absolute Gasteiger partial charge is 0.338 e. The van der Waals surface area contributed by atoms with E-state index in [1.165, 1.54) is 10.8 Å². The number of hydrogen-bond acceptors (Lipinski definition) is 7. The molecule has 4 atom stereocenters. The minimum absolute atomic E-state index is 0.0939. The topological polar surface area (TPSA) is 109 Å². The van der Waals surface area contributed by atoms with Gasteiger partial charge in [-0.05, 0) is 45.8 Å². The summed E-state index contributed by atoms with van der Waals surface area (Å²) in [4.78, 5) is 38.7. The second-order valence-corrected chi connectivity index (χ2v) is 9.66. The number of carbonyl (C=O) groups is 1. The third-order valence-corrected chi connectivity index (χ3v) is 6.97. The molecular formula is C24H22Br2N2O7.